The number of carbonyl (C=O) groups excluding carboxylic acids is 1. The minimum Gasteiger partial charge on any atom is -0.491 e. The predicted octanol–water partition coefficient (Wildman–Crippen LogP) is 4.43. The molecule has 0 radical (unpaired) electrons. The lowest BCUT2D eigenvalue weighted by atomic mass is 9.83. The summed E-state index contributed by atoms with van der Waals surface area (Å²) in [5.41, 5.74) is 6.62. The molecule has 7 heteroatoms. The van der Waals surface area contributed by atoms with Gasteiger partial charge in [0.2, 0.25) is 5.88 Å². The van der Waals surface area contributed by atoms with E-state index in [1.165, 1.54) is 18.2 Å². The van der Waals surface area contributed by atoms with Crippen molar-refractivity contribution < 1.29 is 23.4 Å². The van der Waals surface area contributed by atoms with Crippen LogP contribution in [0.3, 0.4) is 0 Å². The van der Waals surface area contributed by atoms with Gasteiger partial charge in [0.1, 0.15) is 17.4 Å². The first-order chi connectivity index (χ1) is 13.9. The van der Waals surface area contributed by atoms with Gasteiger partial charge in [-0.25, -0.2) is 9.18 Å². The molecule has 1 aromatic rings. The molecule has 1 aliphatic heterocycles. The molecule has 2 N–H and O–H groups in total. The number of ether oxygens (including phenoxy) is 3. The maximum absolute atomic E-state index is 14.3. The summed E-state index contributed by atoms with van der Waals surface area (Å²) in [6, 6.07) is 6.27. The summed E-state index contributed by atoms with van der Waals surface area (Å²) in [6.45, 7) is 5.93. The molecule has 1 heterocycles. The number of nitriles is 1. The SMILES string of the molecule is CCCCCCOc1cc(C2C(C#N)=C(N)OC(C)=C2C(=O)OCC)ccc1F. The molecule has 0 saturated carbocycles. The van der Waals surface area contributed by atoms with Gasteiger partial charge in [-0.15, -0.1) is 0 Å². The van der Waals surface area contributed by atoms with Crippen molar-refractivity contribution >= 4 is 5.97 Å². The molecule has 0 aliphatic carbocycles. The number of esters is 1. The third kappa shape index (κ3) is 5.29. The van der Waals surface area contributed by atoms with Gasteiger partial charge in [0.15, 0.2) is 11.6 Å². The van der Waals surface area contributed by atoms with E-state index in [2.05, 4.69) is 6.92 Å². The van der Waals surface area contributed by atoms with Crippen LogP contribution in [0.25, 0.3) is 0 Å². The van der Waals surface area contributed by atoms with Crippen molar-refractivity contribution in [3.05, 3.63) is 52.4 Å². The molecule has 0 bridgehead atoms. The Balaban J connectivity index is 2.39. The Morgan fingerprint density at radius 3 is 2.72 bits per heavy atom. The standard InChI is InChI=1S/C22H27FN2O4/c1-4-6-7-8-11-28-18-12-15(9-10-17(18)23)20-16(13-24)21(25)29-14(3)19(20)22(26)27-5-2/h9-10,12,20H,4-8,11,25H2,1-3H3. The van der Waals surface area contributed by atoms with E-state index in [9.17, 15) is 14.4 Å². The number of halogens is 1. The van der Waals surface area contributed by atoms with Crippen molar-refractivity contribution in [3.63, 3.8) is 0 Å². The zero-order valence-corrected chi connectivity index (χ0v) is 17.1. The lowest BCUT2D eigenvalue weighted by Gasteiger charge is -2.27. The summed E-state index contributed by atoms with van der Waals surface area (Å²) in [4.78, 5) is 12.5. The second-order valence-corrected chi connectivity index (χ2v) is 6.71. The number of hydrogen-bond acceptors (Lipinski definition) is 6. The number of carbonyl (C=O) groups is 1. The van der Waals surface area contributed by atoms with Crippen LogP contribution < -0.4 is 10.5 Å². The summed E-state index contributed by atoms with van der Waals surface area (Å²) in [5, 5.41) is 9.61. The first-order valence-corrected chi connectivity index (χ1v) is 9.82. The van der Waals surface area contributed by atoms with Crippen LogP contribution in [0.5, 0.6) is 5.75 Å². The largest absolute Gasteiger partial charge is 0.491 e. The second kappa shape index (κ2) is 10.5. The molecular weight excluding hydrogens is 375 g/mol. The van der Waals surface area contributed by atoms with Gasteiger partial charge in [-0.3, -0.25) is 0 Å². The minimum atomic E-state index is -0.823. The number of unbranched alkanes of at least 4 members (excludes halogenated alkanes) is 3. The molecule has 0 saturated heterocycles. The Morgan fingerprint density at radius 2 is 2.07 bits per heavy atom. The van der Waals surface area contributed by atoms with Gasteiger partial charge in [0.05, 0.1) is 24.7 Å². The van der Waals surface area contributed by atoms with Gasteiger partial charge in [-0.05, 0) is 38.0 Å². The Bertz CT molecular complexity index is 855. The highest BCUT2D eigenvalue weighted by Crippen LogP contribution is 2.40. The molecule has 2 rings (SSSR count). The normalized spacial score (nSPS) is 16.3. The highest BCUT2D eigenvalue weighted by Gasteiger charge is 2.36. The molecule has 1 unspecified atom stereocenters. The summed E-state index contributed by atoms with van der Waals surface area (Å²) in [5.74, 6) is -1.71. The van der Waals surface area contributed by atoms with Gasteiger partial charge in [0.25, 0.3) is 0 Å². The topological polar surface area (TPSA) is 94.6 Å². The third-order valence-electron chi connectivity index (χ3n) is 4.64. The first kappa shape index (κ1) is 22.3. The van der Waals surface area contributed by atoms with Gasteiger partial charge in [0, 0.05) is 0 Å². The van der Waals surface area contributed by atoms with E-state index in [1.807, 2.05) is 6.07 Å². The number of benzene rings is 1. The van der Waals surface area contributed by atoms with E-state index >= 15 is 0 Å². The average Bonchev–Trinajstić information content (AvgIpc) is 2.68. The van der Waals surface area contributed by atoms with Crippen molar-refractivity contribution in [2.45, 2.75) is 52.4 Å². The zero-order chi connectivity index (χ0) is 21.4. The Hall–Kier alpha value is -3.01. The van der Waals surface area contributed by atoms with Crippen molar-refractivity contribution in [1.82, 2.24) is 0 Å². The fourth-order valence-electron chi connectivity index (χ4n) is 3.21. The maximum atomic E-state index is 14.3. The van der Waals surface area contributed by atoms with Crippen molar-refractivity contribution in [1.29, 1.82) is 5.26 Å². The molecule has 1 atom stereocenters. The molecule has 0 amide bonds. The van der Waals surface area contributed by atoms with Crippen LogP contribution in [0.4, 0.5) is 4.39 Å². The predicted molar refractivity (Wildman–Crippen MR) is 106 cm³/mol. The van der Waals surface area contributed by atoms with Crippen LogP contribution in [-0.4, -0.2) is 19.2 Å². The Kier molecular flexibility index (Phi) is 8.08. The number of nitrogens with zero attached hydrogens (tertiary/aromatic N) is 1. The molecule has 6 nitrogen and oxygen atoms in total. The summed E-state index contributed by atoms with van der Waals surface area (Å²) < 4.78 is 30.4. The van der Waals surface area contributed by atoms with Gasteiger partial charge >= 0.3 is 5.97 Å². The molecule has 0 aromatic heterocycles. The van der Waals surface area contributed by atoms with E-state index in [-0.39, 0.29) is 35.1 Å². The van der Waals surface area contributed by atoms with E-state index < -0.39 is 17.7 Å². The van der Waals surface area contributed by atoms with Crippen molar-refractivity contribution in [3.8, 4) is 11.8 Å². The van der Waals surface area contributed by atoms with Crippen LogP contribution >= 0.6 is 0 Å². The summed E-state index contributed by atoms with van der Waals surface area (Å²) in [7, 11) is 0. The smallest absolute Gasteiger partial charge is 0.338 e. The third-order valence-corrected chi connectivity index (χ3v) is 4.64. The van der Waals surface area contributed by atoms with Gasteiger partial charge < -0.3 is 19.9 Å². The van der Waals surface area contributed by atoms with Crippen LogP contribution in [0, 0.1) is 17.1 Å². The number of hydrogen-bond donors (Lipinski definition) is 1. The zero-order valence-electron chi connectivity index (χ0n) is 17.1. The molecule has 1 aliphatic rings. The van der Waals surface area contributed by atoms with Gasteiger partial charge in [-0.2, -0.15) is 5.26 Å². The highest BCUT2D eigenvalue weighted by molar-refractivity contribution is 5.92. The number of rotatable bonds is 9. The highest BCUT2D eigenvalue weighted by atomic mass is 19.1. The molecular formula is C22H27FN2O4. The van der Waals surface area contributed by atoms with Gasteiger partial charge in [-0.1, -0.05) is 32.3 Å². The minimum absolute atomic E-state index is 0.0687. The fraction of sp³-hybridized carbons (Fsp3) is 0.455. The Morgan fingerprint density at radius 1 is 1.31 bits per heavy atom. The first-order valence-electron chi connectivity index (χ1n) is 9.82. The monoisotopic (exact) mass is 402 g/mol. The number of allylic oxidation sites excluding steroid dienone is 2. The summed E-state index contributed by atoms with van der Waals surface area (Å²) >= 11 is 0. The molecule has 0 fully saturated rings. The molecule has 29 heavy (non-hydrogen) atoms. The lowest BCUT2D eigenvalue weighted by Crippen LogP contribution is -2.25. The van der Waals surface area contributed by atoms with Crippen molar-refractivity contribution in [2.75, 3.05) is 13.2 Å². The Labute approximate surface area is 170 Å². The van der Waals surface area contributed by atoms with Crippen LogP contribution in [-0.2, 0) is 14.3 Å². The lowest BCUT2D eigenvalue weighted by molar-refractivity contribution is -0.139. The molecule has 156 valence electrons. The fourth-order valence-corrected chi connectivity index (χ4v) is 3.21. The molecule has 0 spiro atoms. The number of nitrogens with two attached hydrogens (primary N) is 1. The van der Waals surface area contributed by atoms with E-state index in [1.54, 1.807) is 13.8 Å². The maximum Gasteiger partial charge on any atom is 0.338 e. The summed E-state index contributed by atoms with van der Waals surface area (Å²) in [6.07, 6.45) is 4.01. The van der Waals surface area contributed by atoms with Crippen LogP contribution in [0.15, 0.2) is 41.0 Å². The van der Waals surface area contributed by atoms with Crippen LogP contribution in [0.1, 0.15) is 57.9 Å². The van der Waals surface area contributed by atoms with Crippen molar-refractivity contribution in [2.24, 2.45) is 5.73 Å². The van der Waals surface area contributed by atoms with Crippen LogP contribution in [0.2, 0.25) is 0 Å². The molecule has 1 aromatic carbocycles. The quantitative estimate of drug-likeness (QED) is 0.485. The average molecular weight is 402 g/mol. The second-order valence-electron chi connectivity index (χ2n) is 6.71. The van der Waals surface area contributed by atoms with E-state index in [4.69, 9.17) is 19.9 Å². The van der Waals surface area contributed by atoms with E-state index in [0.717, 1.165) is 25.7 Å². The van der Waals surface area contributed by atoms with E-state index in [0.29, 0.717) is 12.2 Å².